The topological polar surface area (TPSA) is 53.3 Å². The number of nitrogens with two attached hydrogens (primary N) is 1. The Kier molecular flexibility index (Phi) is 4.89. The number of hydrogen-bond acceptors (Lipinski definition) is 4. The third-order valence-electron chi connectivity index (χ3n) is 2.84. The van der Waals surface area contributed by atoms with Gasteiger partial charge in [0.2, 0.25) is 0 Å². The van der Waals surface area contributed by atoms with E-state index in [1.54, 1.807) is 0 Å². The average molecular weight is 222 g/mol. The summed E-state index contributed by atoms with van der Waals surface area (Å²) in [6.07, 6.45) is 6.08. The zero-order valence-corrected chi connectivity index (χ0v) is 9.84. The van der Waals surface area contributed by atoms with E-state index in [1.165, 1.54) is 0 Å². The van der Waals surface area contributed by atoms with Gasteiger partial charge in [-0.15, -0.1) is 13.2 Å². The number of nitrogens with zero attached hydrogens (tertiary/aromatic N) is 1. The minimum absolute atomic E-state index is 0.594. The summed E-state index contributed by atoms with van der Waals surface area (Å²) in [5.41, 5.74) is 13.0. The first-order chi connectivity index (χ1) is 7.65. The molecule has 0 bridgehead atoms. The van der Waals surface area contributed by atoms with Gasteiger partial charge in [0.1, 0.15) is 5.66 Å². The van der Waals surface area contributed by atoms with Gasteiger partial charge in [0.05, 0.1) is 0 Å². The molecule has 16 heavy (non-hydrogen) atoms. The predicted molar refractivity (Wildman–Crippen MR) is 68.1 cm³/mol. The van der Waals surface area contributed by atoms with Crippen molar-refractivity contribution < 1.29 is 0 Å². The van der Waals surface area contributed by atoms with Crippen LogP contribution in [0.15, 0.2) is 37.5 Å². The molecule has 1 heterocycles. The van der Waals surface area contributed by atoms with E-state index in [1.807, 2.05) is 17.2 Å². The quantitative estimate of drug-likeness (QED) is 0.588. The minimum Gasteiger partial charge on any atom is -0.308 e. The molecule has 1 aliphatic heterocycles. The summed E-state index contributed by atoms with van der Waals surface area (Å²) in [4.78, 5) is 0. The Balaban J connectivity index is 2.79. The molecule has 1 aliphatic rings. The summed E-state index contributed by atoms with van der Waals surface area (Å²) >= 11 is 0. The molecule has 1 atom stereocenters. The summed E-state index contributed by atoms with van der Waals surface area (Å²) in [7, 11) is 0. The lowest BCUT2D eigenvalue weighted by Crippen LogP contribution is -2.67. The molecule has 0 amide bonds. The maximum Gasteiger partial charge on any atom is 0.109 e. The van der Waals surface area contributed by atoms with Crippen LogP contribution in [-0.2, 0) is 0 Å². The molecule has 90 valence electrons. The van der Waals surface area contributed by atoms with Gasteiger partial charge in [-0.25, -0.2) is 10.4 Å². The third kappa shape index (κ3) is 2.80. The van der Waals surface area contributed by atoms with Crippen LogP contribution in [0.5, 0.6) is 0 Å². The summed E-state index contributed by atoms with van der Waals surface area (Å²) in [5, 5.41) is 1.99. The average Bonchev–Trinajstić information content (AvgIpc) is 2.30. The van der Waals surface area contributed by atoms with Crippen molar-refractivity contribution in [3.05, 3.63) is 37.5 Å². The van der Waals surface area contributed by atoms with Crippen LogP contribution in [0.25, 0.3) is 0 Å². The van der Waals surface area contributed by atoms with Crippen LogP contribution in [0.3, 0.4) is 0 Å². The monoisotopic (exact) mass is 222 g/mol. The lowest BCUT2D eigenvalue weighted by molar-refractivity contribution is 0.0188. The molecular weight excluding hydrogens is 200 g/mol. The van der Waals surface area contributed by atoms with E-state index in [0.717, 1.165) is 25.1 Å². The maximum atomic E-state index is 6.42. The van der Waals surface area contributed by atoms with Gasteiger partial charge in [0, 0.05) is 19.5 Å². The van der Waals surface area contributed by atoms with E-state index >= 15 is 0 Å². The molecule has 0 aromatic rings. The second-order valence-electron chi connectivity index (χ2n) is 4.06. The Morgan fingerprint density at radius 2 is 2.19 bits per heavy atom. The first kappa shape index (κ1) is 13.1. The fraction of sp³-hybridized carbons (Fsp3) is 0.500. The van der Waals surface area contributed by atoms with E-state index in [2.05, 4.69) is 30.7 Å². The van der Waals surface area contributed by atoms with Crippen molar-refractivity contribution in [3.63, 3.8) is 0 Å². The smallest absolute Gasteiger partial charge is 0.109 e. The van der Waals surface area contributed by atoms with E-state index in [-0.39, 0.29) is 0 Å². The fourth-order valence-corrected chi connectivity index (χ4v) is 1.85. The highest BCUT2D eigenvalue weighted by molar-refractivity contribution is 5.19. The van der Waals surface area contributed by atoms with Gasteiger partial charge in [0.25, 0.3) is 0 Å². The molecule has 0 aliphatic carbocycles. The van der Waals surface area contributed by atoms with Crippen molar-refractivity contribution in [1.29, 1.82) is 0 Å². The first-order valence-electron chi connectivity index (χ1n) is 5.60. The lowest BCUT2D eigenvalue weighted by Gasteiger charge is -2.44. The number of rotatable bonds is 6. The Labute approximate surface area is 97.8 Å². The van der Waals surface area contributed by atoms with Gasteiger partial charge >= 0.3 is 0 Å². The zero-order valence-electron chi connectivity index (χ0n) is 9.84. The highest BCUT2D eigenvalue weighted by Crippen LogP contribution is 2.24. The van der Waals surface area contributed by atoms with Gasteiger partial charge in [-0.05, 0) is 18.4 Å². The van der Waals surface area contributed by atoms with Crippen molar-refractivity contribution >= 4 is 0 Å². The van der Waals surface area contributed by atoms with Gasteiger partial charge in [0.15, 0.2) is 0 Å². The molecule has 0 saturated carbocycles. The molecule has 1 fully saturated rings. The van der Waals surface area contributed by atoms with Gasteiger partial charge in [-0.3, -0.25) is 0 Å². The number of nitrogens with one attached hydrogen (secondary N) is 2. The minimum atomic E-state index is -0.594. The van der Waals surface area contributed by atoms with Crippen LogP contribution < -0.4 is 16.7 Å². The molecule has 1 saturated heterocycles. The Morgan fingerprint density at radius 3 is 2.69 bits per heavy atom. The highest BCUT2D eigenvalue weighted by Gasteiger charge is 2.34. The summed E-state index contributed by atoms with van der Waals surface area (Å²) in [6, 6.07) is 0. The Morgan fingerprint density at radius 1 is 1.44 bits per heavy atom. The van der Waals surface area contributed by atoms with E-state index in [9.17, 15) is 0 Å². The highest BCUT2D eigenvalue weighted by atomic mass is 15.7. The molecule has 0 spiro atoms. The van der Waals surface area contributed by atoms with E-state index in [0.29, 0.717) is 12.8 Å². The van der Waals surface area contributed by atoms with Crippen LogP contribution in [0, 0.1) is 0 Å². The van der Waals surface area contributed by atoms with Crippen molar-refractivity contribution in [1.82, 2.24) is 16.0 Å². The van der Waals surface area contributed by atoms with Crippen molar-refractivity contribution in [2.24, 2.45) is 5.73 Å². The molecule has 4 N–H and O–H groups in total. The number of allylic oxidation sites excluding steroid dienone is 1. The lowest BCUT2D eigenvalue weighted by atomic mass is 9.94. The van der Waals surface area contributed by atoms with Crippen LogP contribution in [0.1, 0.15) is 19.3 Å². The van der Waals surface area contributed by atoms with E-state index in [4.69, 9.17) is 5.73 Å². The predicted octanol–water partition coefficient (Wildman–Crippen LogP) is 1.06. The summed E-state index contributed by atoms with van der Waals surface area (Å²) in [5.74, 6) is 0. The number of hydrazine groups is 2. The molecule has 4 heteroatoms. The van der Waals surface area contributed by atoms with Crippen LogP contribution in [-0.4, -0.2) is 23.8 Å². The second-order valence-corrected chi connectivity index (χ2v) is 4.06. The summed E-state index contributed by atoms with van der Waals surface area (Å²) in [6.45, 7) is 13.4. The summed E-state index contributed by atoms with van der Waals surface area (Å²) < 4.78 is 0. The zero-order chi connectivity index (χ0) is 12.0. The molecular formula is C12H22N4. The van der Waals surface area contributed by atoms with Crippen LogP contribution >= 0.6 is 0 Å². The molecule has 0 aromatic heterocycles. The molecule has 1 rings (SSSR count). The fourth-order valence-electron chi connectivity index (χ4n) is 1.85. The van der Waals surface area contributed by atoms with Gasteiger partial charge in [-0.2, -0.15) is 5.53 Å². The molecule has 1 unspecified atom stereocenters. The van der Waals surface area contributed by atoms with Crippen molar-refractivity contribution in [2.45, 2.75) is 24.9 Å². The van der Waals surface area contributed by atoms with E-state index < -0.39 is 5.66 Å². The standard InChI is InChI=1S/C12H22N4/c1-4-7-11(3)12(13,8-5-2)16-10-6-9-14-15-16/h4-5,14-15H,1-3,6-10,13H2. The Bertz CT molecular complexity index is 268. The largest absolute Gasteiger partial charge is 0.308 e. The molecule has 4 nitrogen and oxygen atoms in total. The van der Waals surface area contributed by atoms with Crippen LogP contribution in [0.4, 0.5) is 0 Å². The Hall–Kier alpha value is -0.940. The van der Waals surface area contributed by atoms with Gasteiger partial charge < -0.3 is 5.73 Å². The van der Waals surface area contributed by atoms with Crippen molar-refractivity contribution in [3.8, 4) is 0 Å². The van der Waals surface area contributed by atoms with Gasteiger partial charge in [-0.1, -0.05) is 18.7 Å². The third-order valence-corrected chi connectivity index (χ3v) is 2.84. The maximum absolute atomic E-state index is 6.42. The molecule has 0 aromatic carbocycles. The SMILES string of the molecule is C=CCC(=C)C(N)(CC=C)N1CCCNN1. The molecule has 0 radical (unpaired) electrons. The second kappa shape index (κ2) is 5.96. The first-order valence-corrected chi connectivity index (χ1v) is 5.60. The van der Waals surface area contributed by atoms with Crippen molar-refractivity contribution in [2.75, 3.05) is 13.1 Å². The normalized spacial score (nSPS) is 21.1. The number of hydrogen-bond donors (Lipinski definition) is 3. The van der Waals surface area contributed by atoms with Crippen LogP contribution in [0.2, 0.25) is 0 Å².